The highest BCUT2D eigenvalue weighted by atomic mass is 32.1. The maximum atomic E-state index is 11.8. The predicted molar refractivity (Wildman–Crippen MR) is 76.1 cm³/mol. The van der Waals surface area contributed by atoms with Crippen molar-refractivity contribution in [1.29, 1.82) is 0 Å². The Balaban J connectivity index is 2.09. The lowest BCUT2D eigenvalue weighted by Gasteiger charge is -2.10. The van der Waals surface area contributed by atoms with E-state index in [2.05, 4.69) is 15.6 Å². The fourth-order valence-corrected chi connectivity index (χ4v) is 2.58. The molecule has 0 spiro atoms. The molecular weight excluding hydrogens is 246 g/mol. The van der Waals surface area contributed by atoms with Gasteiger partial charge in [-0.05, 0) is 39.1 Å². The first-order chi connectivity index (χ1) is 8.58. The molecule has 0 bridgehead atoms. The van der Waals surface area contributed by atoms with E-state index in [-0.39, 0.29) is 11.9 Å². The highest BCUT2D eigenvalue weighted by Crippen LogP contribution is 2.24. The van der Waals surface area contributed by atoms with Crippen molar-refractivity contribution >= 4 is 33.1 Å². The number of carbonyl (C=O) groups is 1. The van der Waals surface area contributed by atoms with Crippen molar-refractivity contribution in [1.82, 2.24) is 10.3 Å². The van der Waals surface area contributed by atoms with E-state index >= 15 is 0 Å². The van der Waals surface area contributed by atoms with Gasteiger partial charge in [-0.3, -0.25) is 4.79 Å². The van der Waals surface area contributed by atoms with Crippen LogP contribution in [0.15, 0.2) is 18.2 Å². The van der Waals surface area contributed by atoms with Crippen LogP contribution < -0.4 is 10.6 Å². The van der Waals surface area contributed by atoms with E-state index in [1.54, 1.807) is 11.3 Å². The van der Waals surface area contributed by atoms with Gasteiger partial charge in [-0.1, -0.05) is 0 Å². The van der Waals surface area contributed by atoms with Crippen molar-refractivity contribution in [2.24, 2.45) is 0 Å². The predicted octanol–water partition coefficient (Wildman–Crippen LogP) is 2.54. The lowest BCUT2D eigenvalue weighted by molar-refractivity contribution is -0.116. The van der Waals surface area contributed by atoms with Crippen LogP contribution in [0.1, 0.15) is 18.4 Å². The van der Waals surface area contributed by atoms with E-state index in [0.717, 1.165) is 20.9 Å². The van der Waals surface area contributed by atoms with E-state index < -0.39 is 0 Å². The Morgan fingerprint density at radius 2 is 2.28 bits per heavy atom. The Morgan fingerprint density at radius 1 is 1.50 bits per heavy atom. The van der Waals surface area contributed by atoms with Gasteiger partial charge in [0.1, 0.15) is 0 Å². The van der Waals surface area contributed by atoms with Gasteiger partial charge in [0.2, 0.25) is 5.91 Å². The highest BCUT2D eigenvalue weighted by Gasteiger charge is 2.08. The van der Waals surface area contributed by atoms with Gasteiger partial charge < -0.3 is 10.6 Å². The maximum absolute atomic E-state index is 11.8. The molecule has 0 aliphatic carbocycles. The Kier molecular flexibility index (Phi) is 3.93. The number of thiazole rings is 1. The van der Waals surface area contributed by atoms with Crippen molar-refractivity contribution in [2.45, 2.75) is 26.3 Å². The third-order valence-corrected chi connectivity index (χ3v) is 3.70. The minimum Gasteiger partial charge on any atom is -0.326 e. The third-order valence-electron chi connectivity index (χ3n) is 2.76. The number of hydrogen-bond donors (Lipinski definition) is 2. The number of benzene rings is 1. The zero-order valence-electron chi connectivity index (χ0n) is 10.8. The normalized spacial score (nSPS) is 12.6. The number of nitrogens with zero attached hydrogens (tertiary/aromatic N) is 1. The van der Waals surface area contributed by atoms with Crippen LogP contribution in [-0.2, 0) is 4.79 Å². The summed E-state index contributed by atoms with van der Waals surface area (Å²) in [6.07, 6.45) is 0.469. The van der Waals surface area contributed by atoms with Crippen LogP contribution in [0.5, 0.6) is 0 Å². The van der Waals surface area contributed by atoms with Gasteiger partial charge in [0.15, 0.2) is 0 Å². The number of fused-ring (bicyclic) bond motifs is 1. The summed E-state index contributed by atoms with van der Waals surface area (Å²) in [6.45, 7) is 3.97. The zero-order valence-corrected chi connectivity index (χ0v) is 11.6. The molecule has 5 heteroatoms. The molecule has 2 rings (SSSR count). The van der Waals surface area contributed by atoms with Gasteiger partial charge in [-0.15, -0.1) is 11.3 Å². The second-order valence-electron chi connectivity index (χ2n) is 4.36. The largest absolute Gasteiger partial charge is 0.326 e. The SMILES string of the molecule is CNC(C)CC(=O)Nc1ccc2nc(C)sc2c1. The van der Waals surface area contributed by atoms with E-state index in [1.807, 2.05) is 39.1 Å². The molecule has 0 saturated heterocycles. The third kappa shape index (κ3) is 3.05. The number of aryl methyl sites for hydroxylation is 1. The fourth-order valence-electron chi connectivity index (χ4n) is 1.71. The minimum absolute atomic E-state index is 0.0254. The summed E-state index contributed by atoms with van der Waals surface area (Å²) >= 11 is 1.64. The summed E-state index contributed by atoms with van der Waals surface area (Å²) in [5.74, 6) is 0.0254. The Labute approximate surface area is 110 Å². The van der Waals surface area contributed by atoms with Crippen LogP contribution in [0, 0.1) is 6.92 Å². The summed E-state index contributed by atoms with van der Waals surface area (Å²) in [5, 5.41) is 6.99. The molecule has 4 nitrogen and oxygen atoms in total. The number of amides is 1. The average Bonchev–Trinajstić information content (AvgIpc) is 2.68. The van der Waals surface area contributed by atoms with Crippen molar-refractivity contribution in [3.05, 3.63) is 23.2 Å². The van der Waals surface area contributed by atoms with Gasteiger partial charge >= 0.3 is 0 Å². The first-order valence-corrected chi connectivity index (χ1v) is 6.74. The van der Waals surface area contributed by atoms with Crippen molar-refractivity contribution in [3.8, 4) is 0 Å². The van der Waals surface area contributed by atoms with Gasteiger partial charge in [0, 0.05) is 18.2 Å². The van der Waals surface area contributed by atoms with Gasteiger partial charge in [0.25, 0.3) is 0 Å². The molecule has 2 aromatic rings. The van der Waals surface area contributed by atoms with Gasteiger partial charge in [-0.2, -0.15) is 0 Å². The standard InChI is InChI=1S/C13H17N3OS/c1-8(14-3)6-13(17)16-10-4-5-11-12(7-10)18-9(2)15-11/h4-5,7-8,14H,6H2,1-3H3,(H,16,17). The summed E-state index contributed by atoms with van der Waals surface area (Å²) in [6, 6.07) is 5.99. The molecule has 0 aliphatic heterocycles. The number of nitrogens with one attached hydrogen (secondary N) is 2. The molecule has 1 amide bonds. The Morgan fingerprint density at radius 3 is 3.00 bits per heavy atom. The molecule has 2 N–H and O–H groups in total. The molecule has 1 heterocycles. The topological polar surface area (TPSA) is 54.0 Å². The first-order valence-electron chi connectivity index (χ1n) is 5.93. The second-order valence-corrected chi connectivity index (χ2v) is 5.59. The molecule has 0 saturated carbocycles. The zero-order chi connectivity index (χ0) is 13.1. The van der Waals surface area contributed by atoms with Crippen LogP contribution in [0.2, 0.25) is 0 Å². The molecule has 0 radical (unpaired) electrons. The van der Waals surface area contributed by atoms with Crippen LogP contribution in [0.4, 0.5) is 5.69 Å². The van der Waals surface area contributed by atoms with Crippen LogP contribution in [0.25, 0.3) is 10.2 Å². The van der Waals surface area contributed by atoms with Crippen molar-refractivity contribution in [2.75, 3.05) is 12.4 Å². The Bertz CT molecular complexity index is 564. The lowest BCUT2D eigenvalue weighted by atomic mass is 10.2. The highest BCUT2D eigenvalue weighted by molar-refractivity contribution is 7.18. The minimum atomic E-state index is 0.0254. The van der Waals surface area contributed by atoms with Gasteiger partial charge in [0.05, 0.1) is 15.2 Å². The monoisotopic (exact) mass is 263 g/mol. The number of aromatic nitrogens is 1. The summed E-state index contributed by atoms with van der Waals surface area (Å²) < 4.78 is 1.10. The maximum Gasteiger partial charge on any atom is 0.225 e. The van der Waals surface area contributed by atoms with Crippen molar-refractivity contribution in [3.63, 3.8) is 0 Å². The first kappa shape index (κ1) is 13.0. The molecule has 0 fully saturated rings. The number of anilines is 1. The summed E-state index contributed by atoms with van der Waals surface area (Å²) in [7, 11) is 1.85. The molecular formula is C13H17N3OS. The molecule has 96 valence electrons. The summed E-state index contributed by atoms with van der Waals surface area (Å²) in [5.41, 5.74) is 1.82. The van der Waals surface area contributed by atoms with E-state index in [1.165, 1.54) is 0 Å². The molecule has 0 aliphatic rings. The summed E-state index contributed by atoms with van der Waals surface area (Å²) in [4.78, 5) is 16.2. The van der Waals surface area contributed by atoms with E-state index in [9.17, 15) is 4.79 Å². The van der Waals surface area contributed by atoms with Crippen LogP contribution in [0.3, 0.4) is 0 Å². The second kappa shape index (κ2) is 5.46. The molecule has 1 unspecified atom stereocenters. The molecule has 1 aromatic carbocycles. The van der Waals surface area contributed by atoms with Gasteiger partial charge in [-0.25, -0.2) is 4.98 Å². The molecule has 18 heavy (non-hydrogen) atoms. The van der Waals surface area contributed by atoms with E-state index in [4.69, 9.17) is 0 Å². The molecule has 1 aromatic heterocycles. The van der Waals surface area contributed by atoms with Crippen LogP contribution in [-0.4, -0.2) is 24.0 Å². The smallest absolute Gasteiger partial charge is 0.225 e. The number of rotatable bonds is 4. The van der Waals surface area contributed by atoms with E-state index in [0.29, 0.717) is 6.42 Å². The number of carbonyl (C=O) groups excluding carboxylic acids is 1. The lowest BCUT2D eigenvalue weighted by Crippen LogP contribution is -2.27. The van der Waals surface area contributed by atoms with Crippen LogP contribution >= 0.6 is 11.3 Å². The number of hydrogen-bond acceptors (Lipinski definition) is 4. The van der Waals surface area contributed by atoms with Crippen molar-refractivity contribution < 1.29 is 4.79 Å². The quantitative estimate of drug-likeness (QED) is 0.891. The fraction of sp³-hybridized carbons (Fsp3) is 0.385. The Hall–Kier alpha value is -1.46. The average molecular weight is 263 g/mol. The molecule has 1 atom stereocenters.